The third-order valence-electron chi connectivity index (χ3n) is 3.39. The van der Waals surface area contributed by atoms with Crippen LogP contribution in [-0.4, -0.2) is 42.1 Å². The Hall–Kier alpha value is -1.88. The van der Waals surface area contributed by atoms with Crippen molar-refractivity contribution in [3.05, 3.63) is 34.9 Å². The van der Waals surface area contributed by atoms with E-state index >= 15 is 0 Å². The molecular formula is C14H17NO4. The number of aryl methyl sites for hydroxylation is 1. The van der Waals surface area contributed by atoms with Gasteiger partial charge in [0.05, 0.1) is 13.7 Å². The van der Waals surface area contributed by atoms with Crippen LogP contribution in [0.15, 0.2) is 18.2 Å². The molecule has 1 aliphatic rings. The minimum atomic E-state index is -0.940. The summed E-state index contributed by atoms with van der Waals surface area (Å²) in [6.45, 7) is 2.38. The van der Waals surface area contributed by atoms with Crippen LogP contribution in [-0.2, 0) is 20.7 Å². The summed E-state index contributed by atoms with van der Waals surface area (Å²) >= 11 is 0. The number of benzene rings is 1. The van der Waals surface area contributed by atoms with Gasteiger partial charge in [-0.05, 0) is 24.5 Å². The molecule has 0 aromatic heterocycles. The number of fused-ring (bicyclic) bond motifs is 1. The van der Waals surface area contributed by atoms with Crippen molar-refractivity contribution in [2.45, 2.75) is 19.4 Å². The van der Waals surface area contributed by atoms with Crippen LogP contribution in [0.3, 0.4) is 0 Å². The Morgan fingerprint density at radius 3 is 2.84 bits per heavy atom. The first kappa shape index (κ1) is 13.5. The van der Waals surface area contributed by atoms with Crippen LogP contribution in [0.5, 0.6) is 0 Å². The van der Waals surface area contributed by atoms with Crippen LogP contribution in [0, 0.1) is 6.92 Å². The van der Waals surface area contributed by atoms with Crippen LogP contribution < -0.4 is 0 Å². The lowest BCUT2D eigenvalue weighted by Crippen LogP contribution is -2.42. The third-order valence-corrected chi connectivity index (χ3v) is 3.39. The Kier molecular flexibility index (Phi) is 3.85. The molecule has 5 heteroatoms. The topological polar surface area (TPSA) is 66.8 Å². The predicted octanol–water partition coefficient (Wildman–Crippen LogP) is 1.15. The van der Waals surface area contributed by atoms with Gasteiger partial charge in [0.2, 0.25) is 0 Å². The number of carbonyl (C=O) groups excluding carboxylic acids is 1. The Labute approximate surface area is 111 Å². The zero-order chi connectivity index (χ0) is 14.0. The molecule has 0 bridgehead atoms. The molecule has 1 N–H and O–H groups in total. The Bertz CT molecular complexity index is 512. The van der Waals surface area contributed by atoms with E-state index in [4.69, 9.17) is 9.84 Å². The SMILES string of the molecule is COC(=O)C1c2ccc(C)cc2CCN1CC(=O)O. The van der Waals surface area contributed by atoms with Gasteiger partial charge in [0.1, 0.15) is 6.04 Å². The molecule has 0 saturated heterocycles. The molecule has 0 radical (unpaired) electrons. The van der Waals surface area contributed by atoms with E-state index in [1.807, 2.05) is 25.1 Å². The molecule has 2 rings (SSSR count). The van der Waals surface area contributed by atoms with Crippen molar-refractivity contribution in [2.75, 3.05) is 20.2 Å². The molecule has 0 spiro atoms. The smallest absolute Gasteiger partial charge is 0.327 e. The normalized spacial score (nSPS) is 18.7. The van der Waals surface area contributed by atoms with E-state index in [1.165, 1.54) is 7.11 Å². The molecule has 102 valence electrons. The molecule has 5 nitrogen and oxygen atoms in total. The van der Waals surface area contributed by atoms with Gasteiger partial charge < -0.3 is 9.84 Å². The number of carboxylic acid groups (broad SMARTS) is 1. The maximum absolute atomic E-state index is 11.9. The van der Waals surface area contributed by atoms with Gasteiger partial charge in [0, 0.05) is 6.54 Å². The molecule has 1 atom stereocenters. The van der Waals surface area contributed by atoms with Crippen molar-refractivity contribution in [3.8, 4) is 0 Å². The lowest BCUT2D eigenvalue weighted by molar-refractivity contribution is -0.150. The van der Waals surface area contributed by atoms with Crippen molar-refractivity contribution >= 4 is 11.9 Å². The fraction of sp³-hybridized carbons (Fsp3) is 0.429. The van der Waals surface area contributed by atoms with E-state index in [0.717, 1.165) is 23.1 Å². The van der Waals surface area contributed by atoms with Crippen LogP contribution in [0.1, 0.15) is 22.7 Å². The molecule has 1 unspecified atom stereocenters. The summed E-state index contributed by atoms with van der Waals surface area (Å²) < 4.78 is 4.82. The predicted molar refractivity (Wildman–Crippen MR) is 68.8 cm³/mol. The lowest BCUT2D eigenvalue weighted by Gasteiger charge is -2.34. The van der Waals surface area contributed by atoms with Crippen LogP contribution in [0.25, 0.3) is 0 Å². The quantitative estimate of drug-likeness (QED) is 0.829. The first-order valence-electron chi connectivity index (χ1n) is 6.16. The third kappa shape index (κ3) is 2.76. The van der Waals surface area contributed by atoms with Gasteiger partial charge >= 0.3 is 11.9 Å². The number of methoxy groups -OCH3 is 1. The van der Waals surface area contributed by atoms with Gasteiger partial charge in [0.15, 0.2) is 0 Å². The number of esters is 1. The molecule has 1 aromatic rings. The van der Waals surface area contributed by atoms with E-state index in [0.29, 0.717) is 6.54 Å². The largest absolute Gasteiger partial charge is 0.480 e. The lowest BCUT2D eigenvalue weighted by atomic mass is 9.91. The monoisotopic (exact) mass is 263 g/mol. The number of aliphatic carboxylic acids is 1. The Morgan fingerprint density at radius 1 is 1.47 bits per heavy atom. The minimum absolute atomic E-state index is 0.160. The van der Waals surface area contributed by atoms with E-state index in [2.05, 4.69) is 0 Å². The van der Waals surface area contributed by atoms with Gasteiger partial charge in [-0.1, -0.05) is 23.8 Å². The van der Waals surface area contributed by atoms with Crippen molar-refractivity contribution in [1.82, 2.24) is 4.90 Å². The van der Waals surface area contributed by atoms with E-state index < -0.39 is 18.0 Å². The summed E-state index contributed by atoms with van der Waals surface area (Å²) in [6.07, 6.45) is 0.748. The molecule has 19 heavy (non-hydrogen) atoms. The molecular weight excluding hydrogens is 246 g/mol. The first-order valence-corrected chi connectivity index (χ1v) is 6.16. The summed E-state index contributed by atoms with van der Waals surface area (Å²) in [5.41, 5.74) is 3.08. The van der Waals surface area contributed by atoms with Gasteiger partial charge in [-0.2, -0.15) is 0 Å². The van der Waals surface area contributed by atoms with Gasteiger partial charge in [-0.25, -0.2) is 4.79 Å². The molecule has 0 aliphatic carbocycles. The van der Waals surface area contributed by atoms with Crippen molar-refractivity contribution < 1.29 is 19.4 Å². The summed E-state index contributed by atoms with van der Waals surface area (Å²) in [5, 5.41) is 8.94. The van der Waals surface area contributed by atoms with Crippen LogP contribution >= 0.6 is 0 Å². The summed E-state index contributed by atoms with van der Waals surface area (Å²) in [6, 6.07) is 5.24. The summed E-state index contributed by atoms with van der Waals surface area (Å²) in [7, 11) is 1.32. The molecule has 1 aromatic carbocycles. The average molecular weight is 263 g/mol. The van der Waals surface area contributed by atoms with E-state index in [1.54, 1.807) is 4.90 Å². The number of ether oxygens (including phenoxy) is 1. The Balaban J connectivity index is 2.39. The first-order chi connectivity index (χ1) is 9.02. The highest BCUT2D eigenvalue weighted by molar-refractivity contribution is 5.80. The molecule has 0 fully saturated rings. The average Bonchev–Trinajstić information content (AvgIpc) is 2.37. The number of carbonyl (C=O) groups is 2. The van der Waals surface area contributed by atoms with Gasteiger partial charge in [-0.3, -0.25) is 9.69 Å². The maximum atomic E-state index is 11.9. The fourth-order valence-corrected chi connectivity index (χ4v) is 2.54. The number of hydrogen-bond donors (Lipinski definition) is 1. The number of rotatable bonds is 3. The number of hydrogen-bond acceptors (Lipinski definition) is 4. The minimum Gasteiger partial charge on any atom is -0.480 e. The van der Waals surface area contributed by atoms with Crippen LogP contribution in [0.4, 0.5) is 0 Å². The van der Waals surface area contributed by atoms with Crippen molar-refractivity contribution in [2.24, 2.45) is 0 Å². The molecule has 1 heterocycles. The summed E-state index contributed by atoms with van der Waals surface area (Å²) in [4.78, 5) is 24.5. The van der Waals surface area contributed by atoms with Gasteiger partial charge in [-0.15, -0.1) is 0 Å². The second-order valence-corrected chi connectivity index (χ2v) is 4.74. The fourth-order valence-electron chi connectivity index (χ4n) is 2.54. The zero-order valence-electron chi connectivity index (χ0n) is 11.0. The standard InChI is InChI=1S/C14H17NO4/c1-9-3-4-11-10(7-9)5-6-15(8-12(16)17)13(11)14(18)19-2/h3-4,7,13H,5-6,8H2,1-2H3,(H,16,17). The van der Waals surface area contributed by atoms with Crippen LogP contribution in [0.2, 0.25) is 0 Å². The summed E-state index contributed by atoms with van der Waals surface area (Å²) in [5.74, 6) is -1.35. The highest BCUT2D eigenvalue weighted by atomic mass is 16.5. The molecule has 0 amide bonds. The zero-order valence-corrected chi connectivity index (χ0v) is 11.0. The maximum Gasteiger partial charge on any atom is 0.327 e. The van der Waals surface area contributed by atoms with Crippen molar-refractivity contribution in [3.63, 3.8) is 0 Å². The molecule has 0 saturated carbocycles. The highest BCUT2D eigenvalue weighted by Crippen LogP contribution is 2.31. The Morgan fingerprint density at radius 2 is 2.21 bits per heavy atom. The van der Waals surface area contributed by atoms with E-state index in [9.17, 15) is 9.59 Å². The van der Waals surface area contributed by atoms with E-state index in [-0.39, 0.29) is 6.54 Å². The highest BCUT2D eigenvalue weighted by Gasteiger charge is 2.34. The number of carboxylic acids is 1. The van der Waals surface area contributed by atoms with Crippen molar-refractivity contribution in [1.29, 1.82) is 0 Å². The number of nitrogens with zero attached hydrogens (tertiary/aromatic N) is 1. The second-order valence-electron chi connectivity index (χ2n) is 4.74. The second kappa shape index (κ2) is 5.40. The molecule has 1 aliphatic heterocycles. The van der Waals surface area contributed by atoms with Gasteiger partial charge in [0.25, 0.3) is 0 Å².